The molecular weight excluding hydrogens is 524 g/mol. The first-order valence-corrected chi connectivity index (χ1v) is 12.2. The number of benzene rings is 2. The van der Waals surface area contributed by atoms with E-state index < -0.39 is 23.5 Å². The highest BCUT2D eigenvalue weighted by Crippen LogP contribution is 2.34. The molecule has 0 saturated heterocycles. The van der Waals surface area contributed by atoms with Crippen LogP contribution in [0.25, 0.3) is 11.1 Å². The smallest absolute Gasteiger partial charge is 0.335 e. The summed E-state index contributed by atoms with van der Waals surface area (Å²) in [6.07, 6.45) is 4.90. The van der Waals surface area contributed by atoms with E-state index >= 15 is 0 Å². The molecule has 2 aromatic heterocycles. The number of carbonyl (C=O) groups is 3. The lowest BCUT2D eigenvalue weighted by molar-refractivity contribution is -0.119. The lowest BCUT2D eigenvalue weighted by Gasteiger charge is -2.21. The van der Waals surface area contributed by atoms with E-state index in [9.17, 15) is 19.2 Å². The van der Waals surface area contributed by atoms with Crippen LogP contribution in [0, 0.1) is 0 Å². The van der Waals surface area contributed by atoms with Gasteiger partial charge in [-0.1, -0.05) is 11.6 Å². The summed E-state index contributed by atoms with van der Waals surface area (Å²) in [4.78, 5) is 50.4. The van der Waals surface area contributed by atoms with Gasteiger partial charge in [-0.2, -0.15) is 5.10 Å². The molecule has 1 amide bonds. The molecule has 200 valence electrons. The average Bonchev–Trinajstić information content (AvgIpc) is 3.31. The van der Waals surface area contributed by atoms with E-state index in [-0.39, 0.29) is 23.5 Å². The van der Waals surface area contributed by atoms with Crippen LogP contribution < -0.4 is 15.6 Å². The van der Waals surface area contributed by atoms with Gasteiger partial charge in [0.1, 0.15) is 11.8 Å². The number of ketones is 1. The molecule has 0 spiro atoms. The van der Waals surface area contributed by atoms with Crippen LogP contribution in [0.2, 0.25) is 5.02 Å². The Morgan fingerprint density at radius 3 is 2.38 bits per heavy atom. The van der Waals surface area contributed by atoms with Crippen LogP contribution in [0.15, 0.2) is 71.9 Å². The number of carboxylic acid groups (broad SMARTS) is 1. The first-order chi connectivity index (χ1) is 18.6. The largest absolute Gasteiger partial charge is 0.495 e. The van der Waals surface area contributed by atoms with Crippen molar-refractivity contribution in [2.45, 2.75) is 19.4 Å². The third kappa shape index (κ3) is 6.07. The predicted octanol–water partition coefficient (Wildman–Crippen LogP) is 4.23. The van der Waals surface area contributed by atoms with E-state index in [1.807, 2.05) is 0 Å². The highest BCUT2D eigenvalue weighted by atomic mass is 35.5. The van der Waals surface area contributed by atoms with Crippen LogP contribution >= 0.6 is 11.6 Å². The summed E-state index contributed by atoms with van der Waals surface area (Å²) in [5, 5.41) is 16.4. The second-order valence-corrected chi connectivity index (χ2v) is 9.30. The first kappa shape index (κ1) is 27.3. The van der Waals surface area contributed by atoms with Gasteiger partial charge in [0.2, 0.25) is 5.91 Å². The number of rotatable bonds is 9. The van der Waals surface area contributed by atoms with Crippen molar-refractivity contribution in [1.82, 2.24) is 14.3 Å². The van der Waals surface area contributed by atoms with Crippen molar-refractivity contribution in [3.8, 4) is 16.9 Å². The van der Waals surface area contributed by atoms with E-state index in [2.05, 4.69) is 10.4 Å². The van der Waals surface area contributed by atoms with Crippen LogP contribution in [0.5, 0.6) is 5.75 Å². The van der Waals surface area contributed by atoms with E-state index in [1.165, 1.54) is 55.1 Å². The van der Waals surface area contributed by atoms with Gasteiger partial charge in [0.05, 0.1) is 25.1 Å². The monoisotopic (exact) mass is 548 g/mol. The van der Waals surface area contributed by atoms with E-state index in [0.717, 1.165) is 0 Å². The molecule has 11 heteroatoms. The number of ether oxygens (including phenoxy) is 1. The molecule has 10 nitrogen and oxygen atoms in total. The number of Topliss-reactive ketones (excluding diaryl/α,β-unsaturated/α-hetero) is 1. The van der Waals surface area contributed by atoms with Crippen LogP contribution in [0.4, 0.5) is 5.69 Å². The van der Waals surface area contributed by atoms with Crippen molar-refractivity contribution < 1.29 is 24.2 Å². The minimum absolute atomic E-state index is 0.0717. The van der Waals surface area contributed by atoms with Crippen molar-refractivity contribution in [2.24, 2.45) is 7.05 Å². The molecule has 4 aromatic rings. The summed E-state index contributed by atoms with van der Waals surface area (Å²) < 4.78 is 8.44. The van der Waals surface area contributed by atoms with E-state index in [0.29, 0.717) is 33.0 Å². The molecule has 0 unspecified atom stereocenters. The molecular formula is C28H25ClN4O6. The maximum Gasteiger partial charge on any atom is 0.335 e. The Morgan fingerprint density at radius 2 is 1.79 bits per heavy atom. The number of hydrogen-bond acceptors (Lipinski definition) is 6. The van der Waals surface area contributed by atoms with Gasteiger partial charge in [0, 0.05) is 47.6 Å². The fraction of sp³-hybridized carbons (Fsp3) is 0.179. The predicted molar refractivity (Wildman–Crippen MR) is 146 cm³/mol. The summed E-state index contributed by atoms with van der Waals surface area (Å²) in [5.74, 6) is -1.55. The lowest BCUT2D eigenvalue weighted by Crippen LogP contribution is -2.34. The van der Waals surface area contributed by atoms with Crippen molar-refractivity contribution in [3.63, 3.8) is 0 Å². The maximum absolute atomic E-state index is 13.5. The minimum Gasteiger partial charge on any atom is -0.495 e. The SMILES string of the molecule is COc1cn([C@H](Cc2cnn(C)c2)C(=O)Nc2ccc(C(=O)O)cc2)c(=O)cc1-c1cc(Cl)ccc1C(C)=O. The summed E-state index contributed by atoms with van der Waals surface area (Å²) in [5.41, 5.74) is 1.79. The number of aromatic carboxylic acids is 1. The number of methoxy groups -OCH3 is 1. The zero-order chi connectivity index (χ0) is 28.3. The molecule has 0 aliphatic rings. The topological polar surface area (TPSA) is 133 Å². The Bertz CT molecular complexity index is 1620. The van der Waals surface area contributed by atoms with Gasteiger partial charge >= 0.3 is 5.97 Å². The van der Waals surface area contributed by atoms with Gasteiger partial charge in [-0.25, -0.2) is 4.79 Å². The quantitative estimate of drug-likeness (QED) is 0.299. The molecule has 0 fully saturated rings. The number of aryl methyl sites for hydroxylation is 1. The van der Waals surface area contributed by atoms with Gasteiger partial charge in [-0.05, 0) is 60.5 Å². The molecule has 2 N–H and O–H groups in total. The van der Waals surface area contributed by atoms with Crippen molar-refractivity contribution >= 4 is 34.9 Å². The summed E-state index contributed by atoms with van der Waals surface area (Å²) in [6, 6.07) is 10.7. The molecule has 0 aliphatic carbocycles. The molecule has 0 saturated carbocycles. The van der Waals surface area contributed by atoms with Gasteiger partial charge in [0.25, 0.3) is 5.56 Å². The number of pyridine rings is 1. The molecule has 1 atom stereocenters. The minimum atomic E-state index is -1.09. The number of carboxylic acids is 1. The van der Waals surface area contributed by atoms with Crippen LogP contribution in [0.1, 0.15) is 39.2 Å². The number of amides is 1. The second kappa shape index (κ2) is 11.4. The van der Waals surface area contributed by atoms with Crippen LogP contribution in [0.3, 0.4) is 0 Å². The number of anilines is 1. The fourth-order valence-corrected chi connectivity index (χ4v) is 4.40. The normalized spacial score (nSPS) is 11.6. The van der Waals surface area contributed by atoms with E-state index in [4.69, 9.17) is 21.4 Å². The second-order valence-electron chi connectivity index (χ2n) is 8.86. The Balaban J connectivity index is 1.79. The lowest BCUT2D eigenvalue weighted by atomic mass is 9.97. The van der Waals surface area contributed by atoms with Gasteiger partial charge in [-0.15, -0.1) is 0 Å². The molecule has 0 radical (unpaired) electrons. The fourth-order valence-electron chi connectivity index (χ4n) is 4.23. The number of carbonyl (C=O) groups excluding carboxylic acids is 2. The zero-order valence-corrected chi connectivity index (χ0v) is 22.1. The van der Waals surface area contributed by atoms with Gasteiger partial charge in [-0.3, -0.25) is 23.6 Å². The summed E-state index contributed by atoms with van der Waals surface area (Å²) in [6.45, 7) is 1.41. The first-order valence-electron chi connectivity index (χ1n) is 11.8. The van der Waals surface area contributed by atoms with Crippen molar-refractivity contribution in [1.29, 1.82) is 0 Å². The molecule has 2 heterocycles. The Hall–Kier alpha value is -4.70. The highest BCUT2D eigenvalue weighted by molar-refractivity contribution is 6.31. The number of nitrogens with zero attached hydrogens (tertiary/aromatic N) is 3. The Morgan fingerprint density at radius 1 is 1.08 bits per heavy atom. The molecule has 0 bridgehead atoms. The molecule has 4 rings (SSSR count). The summed E-state index contributed by atoms with van der Waals surface area (Å²) >= 11 is 6.20. The standard InChI is InChI=1S/C28H25ClN4O6/c1-16(34)21-9-6-19(29)11-22(21)23-12-26(35)33(15-25(23)39-3)24(10-17-13-30-32(2)14-17)27(36)31-20-7-4-18(5-8-20)28(37)38/h4-9,11-15,24H,10H2,1-3H3,(H,31,36)(H,37,38)/t24-/m1/s1. The third-order valence-corrected chi connectivity index (χ3v) is 6.38. The average molecular weight is 549 g/mol. The van der Waals surface area contributed by atoms with Crippen LogP contribution in [-0.4, -0.2) is 44.2 Å². The Labute approximate surface area is 228 Å². The van der Waals surface area contributed by atoms with Crippen molar-refractivity contribution in [3.05, 3.63) is 99.2 Å². The molecule has 39 heavy (non-hydrogen) atoms. The van der Waals surface area contributed by atoms with Crippen LogP contribution in [-0.2, 0) is 18.3 Å². The number of hydrogen-bond donors (Lipinski definition) is 2. The number of nitrogens with one attached hydrogen (secondary N) is 1. The zero-order valence-electron chi connectivity index (χ0n) is 21.3. The Kier molecular flexibility index (Phi) is 7.96. The van der Waals surface area contributed by atoms with Gasteiger partial charge in [0.15, 0.2) is 5.78 Å². The molecule has 2 aromatic carbocycles. The summed E-state index contributed by atoms with van der Waals surface area (Å²) in [7, 11) is 3.16. The maximum atomic E-state index is 13.5. The number of aromatic nitrogens is 3. The van der Waals surface area contributed by atoms with E-state index in [1.54, 1.807) is 42.3 Å². The highest BCUT2D eigenvalue weighted by Gasteiger charge is 2.25. The number of halogens is 1. The van der Waals surface area contributed by atoms with Gasteiger partial charge < -0.3 is 15.2 Å². The van der Waals surface area contributed by atoms with Crippen molar-refractivity contribution in [2.75, 3.05) is 12.4 Å². The third-order valence-electron chi connectivity index (χ3n) is 6.14. The molecule has 0 aliphatic heterocycles.